The number of aromatic hydroxyl groups is 1. The van der Waals surface area contributed by atoms with Gasteiger partial charge < -0.3 is 5.11 Å². The van der Waals surface area contributed by atoms with E-state index in [0.717, 1.165) is 0 Å². The second-order valence-corrected chi connectivity index (χ2v) is 5.09. The SMILES string of the molecule is C/C(=N\Nc1nc(Cl)c(Cl)cc1Cl)c1ccccc1O. The van der Waals surface area contributed by atoms with Gasteiger partial charge in [0.05, 0.1) is 15.8 Å². The van der Waals surface area contributed by atoms with E-state index in [2.05, 4.69) is 15.5 Å². The van der Waals surface area contributed by atoms with Gasteiger partial charge in [0.15, 0.2) is 5.82 Å². The fourth-order valence-electron chi connectivity index (χ4n) is 1.50. The van der Waals surface area contributed by atoms with Crippen molar-refractivity contribution in [2.45, 2.75) is 6.92 Å². The average Bonchev–Trinajstić information content (AvgIpc) is 2.41. The molecule has 104 valence electrons. The molecule has 0 saturated carbocycles. The van der Waals surface area contributed by atoms with Crippen molar-refractivity contribution < 1.29 is 5.11 Å². The van der Waals surface area contributed by atoms with Crippen LogP contribution in [0.1, 0.15) is 12.5 Å². The van der Waals surface area contributed by atoms with Gasteiger partial charge in [-0.15, -0.1) is 0 Å². The highest BCUT2D eigenvalue weighted by Crippen LogP contribution is 2.29. The number of phenols is 1. The molecule has 0 bridgehead atoms. The zero-order chi connectivity index (χ0) is 14.7. The summed E-state index contributed by atoms with van der Waals surface area (Å²) in [6.07, 6.45) is 0. The summed E-state index contributed by atoms with van der Waals surface area (Å²) < 4.78 is 0. The van der Waals surface area contributed by atoms with Gasteiger partial charge in [-0.1, -0.05) is 46.9 Å². The fourth-order valence-corrected chi connectivity index (χ4v) is 2.04. The van der Waals surface area contributed by atoms with Gasteiger partial charge in [-0.05, 0) is 25.1 Å². The number of nitrogens with one attached hydrogen (secondary N) is 1. The van der Waals surface area contributed by atoms with Crippen molar-refractivity contribution in [1.29, 1.82) is 0 Å². The minimum atomic E-state index is 0.133. The Morgan fingerprint density at radius 3 is 2.60 bits per heavy atom. The lowest BCUT2D eigenvalue weighted by Crippen LogP contribution is -2.01. The second kappa shape index (κ2) is 6.31. The Bertz CT molecular complexity index is 674. The van der Waals surface area contributed by atoms with Gasteiger partial charge in [0.25, 0.3) is 0 Å². The predicted octanol–water partition coefficient (Wildman–Crippen LogP) is 4.58. The molecule has 1 aromatic carbocycles. The summed E-state index contributed by atoms with van der Waals surface area (Å²) in [6.45, 7) is 1.74. The summed E-state index contributed by atoms with van der Waals surface area (Å²) in [5.41, 5.74) is 3.88. The van der Waals surface area contributed by atoms with Gasteiger partial charge >= 0.3 is 0 Å². The van der Waals surface area contributed by atoms with Gasteiger partial charge in [0.2, 0.25) is 0 Å². The lowest BCUT2D eigenvalue weighted by Gasteiger charge is -2.07. The summed E-state index contributed by atoms with van der Waals surface area (Å²) in [5, 5.41) is 14.5. The maximum atomic E-state index is 9.72. The molecule has 1 heterocycles. The molecule has 0 saturated heterocycles. The molecule has 0 radical (unpaired) electrons. The van der Waals surface area contributed by atoms with Crippen molar-refractivity contribution >= 4 is 46.3 Å². The Hall–Kier alpha value is -1.49. The molecule has 0 spiro atoms. The first kappa shape index (κ1) is 14.9. The van der Waals surface area contributed by atoms with Gasteiger partial charge in [-0.25, -0.2) is 4.98 Å². The number of hydrogen-bond donors (Lipinski definition) is 2. The zero-order valence-electron chi connectivity index (χ0n) is 10.4. The Kier molecular flexibility index (Phi) is 4.70. The molecule has 4 nitrogen and oxygen atoms in total. The Balaban J connectivity index is 2.25. The number of phenolic OH excluding ortho intramolecular Hbond substituents is 1. The number of benzene rings is 1. The van der Waals surface area contributed by atoms with Crippen molar-refractivity contribution in [1.82, 2.24) is 4.98 Å². The monoisotopic (exact) mass is 329 g/mol. The van der Waals surface area contributed by atoms with Crippen LogP contribution in [0.25, 0.3) is 0 Å². The molecule has 0 aliphatic rings. The zero-order valence-corrected chi connectivity index (χ0v) is 12.6. The number of halogens is 3. The van der Waals surface area contributed by atoms with Gasteiger partial charge in [0, 0.05) is 5.56 Å². The second-order valence-electron chi connectivity index (χ2n) is 3.92. The highest BCUT2D eigenvalue weighted by molar-refractivity contribution is 6.42. The number of nitrogens with zero attached hydrogens (tertiary/aromatic N) is 2. The molecule has 0 aliphatic heterocycles. The molecule has 0 amide bonds. The third kappa shape index (κ3) is 3.33. The molecule has 2 N–H and O–H groups in total. The highest BCUT2D eigenvalue weighted by Gasteiger charge is 2.08. The molecule has 0 atom stereocenters. The third-order valence-corrected chi connectivity index (χ3v) is 3.47. The van der Waals surface area contributed by atoms with Crippen LogP contribution in [0, 0.1) is 0 Å². The van der Waals surface area contributed by atoms with Crippen LogP contribution in [-0.4, -0.2) is 15.8 Å². The molecule has 0 aliphatic carbocycles. The van der Waals surface area contributed by atoms with Crippen molar-refractivity contribution in [2.24, 2.45) is 5.10 Å². The van der Waals surface area contributed by atoms with Crippen molar-refractivity contribution in [3.8, 4) is 5.75 Å². The summed E-state index contributed by atoms with van der Waals surface area (Å²) in [7, 11) is 0. The largest absolute Gasteiger partial charge is 0.507 e. The molecule has 0 fully saturated rings. The van der Waals surface area contributed by atoms with E-state index >= 15 is 0 Å². The summed E-state index contributed by atoms with van der Waals surface area (Å²) in [6, 6.07) is 8.35. The first-order valence-electron chi connectivity index (χ1n) is 5.59. The maximum Gasteiger partial charge on any atom is 0.166 e. The fraction of sp³-hybridized carbons (Fsp3) is 0.0769. The minimum absolute atomic E-state index is 0.133. The van der Waals surface area contributed by atoms with E-state index in [-0.39, 0.29) is 21.7 Å². The number of rotatable bonds is 3. The van der Waals surface area contributed by atoms with Crippen molar-refractivity contribution in [2.75, 3.05) is 5.43 Å². The normalized spacial score (nSPS) is 11.5. The standard InChI is InChI=1S/C13H10Cl3N3O/c1-7(8-4-2-3-5-11(8)20)18-19-13-10(15)6-9(14)12(16)17-13/h2-6,20H,1H3,(H,17,19)/b18-7+. The smallest absolute Gasteiger partial charge is 0.166 e. The van der Waals surface area contributed by atoms with Crippen LogP contribution in [0.4, 0.5) is 5.82 Å². The molecular weight excluding hydrogens is 321 g/mol. The van der Waals surface area contributed by atoms with E-state index < -0.39 is 0 Å². The number of anilines is 1. The maximum absolute atomic E-state index is 9.72. The van der Waals surface area contributed by atoms with Crippen LogP contribution >= 0.6 is 34.8 Å². The molecule has 20 heavy (non-hydrogen) atoms. The number of hydrogen-bond acceptors (Lipinski definition) is 4. The number of aromatic nitrogens is 1. The first-order valence-corrected chi connectivity index (χ1v) is 6.72. The third-order valence-electron chi connectivity index (χ3n) is 2.51. The number of para-hydroxylation sites is 1. The van der Waals surface area contributed by atoms with E-state index in [0.29, 0.717) is 16.3 Å². The summed E-state index contributed by atoms with van der Waals surface area (Å²) >= 11 is 17.6. The van der Waals surface area contributed by atoms with Gasteiger partial charge in [0.1, 0.15) is 10.9 Å². The lowest BCUT2D eigenvalue weighted by atomic mass is 10.1. The Morgan fingerprint density at radius 1 is 1.20 bits per heavy atom. The van der Waals surface area contributed by atoms with Crippen molar-refractivity contribution in [3.63, 3.8) is 0 Å². The summed E-state index contributed by atoms with van der Waals surface area (Å²) in [5.74, 6) is 0.430. The van der Waals surface area contributed by atoms with Crippen LogP contribution in [-0.2, 0) is 0 Å². The molecule has 0 unspecified atom stereocenters. The van der Waals surface area contributed by atoms with E-state index in [9.17, 15) is 5.11 Å². The van der Waals surface area contributed by atoms with Crippen LogP contribution < -0.4 is 5.43 Å². The van der Waals surface area contributed by atoms with Gasteiger partial charge in [-0.2, -0.15) is 5.10 Å². The lowest BCUT2D eigenvalue weighted by molar-refractivity contribution is 0.474. The molecule has 1 aromatic heterocycles. The highest BCUT2D eigenvalue weighted by atomic mass is 35.5. The number of hydrazone groups is 1. The van der Waals surface area contributed by atoms with E-state index in [1.807, 2.05) is 0 Å². The Morgan fingerprint density at radius 2 is 1.90 bits per heavy atom. The van der Waals surface area contributed by atoms with Crippen LogP contribution in [0.3, 0.4) is 0 Å². The average molecular weight is 331 g/mol. The van der Waals surface area contributed by atoms with E-state index in [4.69, 9.17) is 34.8 Å². The van der Waals surface area contributed by atoms with E-state index in [1.165, 1.54) is 6.07 Å². The Labute approximate surface area is 131 Å². The molecule has 2 rings (SSSR count). The first-order chi connectivity index (χ1) is 9.49. The minimum Gasteiger partial charge on any atom is -0.507 e. The number of pyridine rings is 1. The van der Waals surface area contributed by atoms with Gasteiger partial charge in [-0.3, -0.25) is 5.43 Å². The quantitative estimate of drug-likeness (QED) is 0.492. The predicted molar refractivity (Wildman–Crippen MR) is 83.2 cm³/mol. The van der Waals surface area contributed by atoms with Crippen LogP contribution in [0.5, 0.6) is 5.75 Å². The van der Waals surface area contributed by atoms with E-state index in [1.54, 1.807) is 31.2 Å². The van der Waals surface area contributed by atoms with Crippen LogP contribution in [0.15, 0.2) is 35.4 Å². The molecule has 2 aromatic rings. The molecular formula is C13H10Cl3N3O. The molecule has 7 heteroatoms. The van der Waals surface area contributed by atoms with Crippen LogP contribution in [0.2, 0.25) is 15.2 Å². The summed E-state index contributed by atoms with van der Waals surface area (Å²) in [4.78, 5) is 3.98. The topological polar surface area (TPSA) is 57.5 Å². The van der Waals surface area contributed by atoms with Crippen molar-refractivity contribution in [3.05, 3.63) is 51.1 Å².